The number of hydrogen-bond donors (Lipinski definition) is 1. The van der Waals surface area contributed by atoms with Crippen LogP contribution in [0.25, 0.3) is 0 Å². The topological polar surface area (TPSA) is 59.0 Å². The number of carbonyl (C=O) groups is 1. The summed E-state index contributed by atoms with van der Waals surface area (Å²) in [6.45, 7) is 7.31. The first-order chi connectivity index (χ1) is 8.67. The van der Waals surface area contributed by atoms with Crippen LogP contribution in [0.5, 0.6) is 0 Å². The number of rotatable bonds is 7. The van der Waals surface area contributed by atoms with Crippen molar-refractivity contribution >= 4 is 5.97 Å². The fraction of sp³-hybridized carbons (Fsp3) is 0.923. The molecule has 1 aliphatic rings. The Balaban J connectivity index is 2.32. The Bertz CT molecular complexity index is 247. The highest BCUT2D eigenvalue weighted by molar-refractivity contribution is 5.72. The monoisotopic (exact) mass is 259 g/mol. The normalized spacial score (nSPS) is 22.7. The van der Waals surface area contributed by atoms with Gasteiger partial charge in [0.15, 0.2) is 0 Å². The zero-order valence-electron chi connectivity index (χ0n) is 11.4. The van der Waals surface area contributed by atoms with Gasteiger partial charge in [0.2, 0.25) is 0 Å². The second kappa shape index (κ2) is 8.45. The summed E-state index contributed by atoms with van der Waals surface area (Å²) in [7, 11) is 0. The van der Waals surface area contributed by atoms with E-state index in [1.807, 2.05) is 13.8 Å². The lowest BCUT2D eigenvalue weighted by molar-refractivity contribution is -0.150. The van der Waals surface area contributed by atoms with Crippen molar-refractivity contribution in [1.29, 1.82) is 0 Å². The molecule has 5 heteroatoms. The lowest BCUT2D eigenvalue weighted by atomic mass is 9.98. The van der Waals surface area contributed by atoms with E-state index in [0.29, 0.717) is 32.9 Å². The second-order valence-corrected chi connectivity index (χ2v) is 4.66. The number of aliphatic hydroxyl groups excluding tert-OH is 1. The van der Waals surface area contributed by atoms with Gasteiger partial charge in [-0.05, 0) is 33.2 Å². The van der Waals surface area contributed by atoms with Gasteiger partial charge in [-0.25, -0.2) is 0 Å². The molecule has 0 radical (unpaired) electrons. The molecule has 0 aromatic heterocycles. The van der Waals surface area contributed by atoms with E-state index < -0.39 is 6.10 Å². The molecule has 0 saturated carbocycles. The molecular weight excluding hydrogens is 234 g/mol. The van der Waals surface area contributed by atoms with Crippen LogP contribution in [-0.2, 0) is 14.3 Å². The van der Waals surface area contributed by atoms with Gasteiger partial charge in [0.25, 0.3) is 0 Å². The SMILES string of the molecule is CCOCC(O)CN1CCC[C@@H](C(=O)OCC)C1. The van der Waals surface area contributed by atoms with Crippen molar-refractivity contribution in [2.75, 3.05) is 39.5 Å². The van der Waals surface area contributed by atoms with E-state index >= 15 is 0 Å². The van der Waals surface area contributed by atoms with E-state index in [2.05, 4.69) is 4.90 Å². The summed E-state index contributed by atoms with van der Waals surface area (Å²) in [5.41, 5.74) is 0. The largest absolute Gasteiger partial charge is 0.466 e. The van der Waals surface area contributed by atoms with E-state index in [1.165, 1.54) is 0 Å². The molecule has 1 N–H and O–H groups in total. The molecule has 1 rings (SSSR count). The van der Waals surface area contributed by atoms with E-state index in [-0.39, 0.29) is 11.9 Å². The highest BCUT2D eigenvalue weighted by Crippen LogP contribution is 2.18. The van der Waals surface area contributed by atoms with Crippen molar-refractivity contribution in [2.24, 2.45) is 5.92 Å². The number of β-amino-alcohol motifs (C(OH)–C–C–N with tert-alkyl or cyclic N) is 1. The molecule has 1 unspecified atom stereocenters. The fourth-order valence-electron chi connectivity index (χ4n) is 2.28. The van der Waals surface area contributed by atoms with Gasteiger partial charge in [-0.3, -0.25) is 9.69 Å². The van der Waals surface area contributed by atoms with Crippen molar-refractivity contribution < 1.29 is 19.4 Å². The van der Waals surface area contributed by atoms with E-state index in [1.54, 1.807) is 0 Å². The number of carbonyl (C=O) groups excluding carboxylic acids is 1. The summed E-state index contributed by atoms with van der Waals surface area (Å²) < 4.78 is 10.2. The van der Waals surface area contributed by atoms with E-state index in [0.717, 1.165) is 19.4 Å². The Labute approximate surface area is 109 Å². The minimum Gasteiger partial charge on any atom is -0.466 e. The maximum absolute atomic E-state index is 11.7. The Hall–Kier alpha value is -0.650. The van der Waals surface area contributed by atoms with Gasteiger partial charge < -0.3 is 14.6 Å². The first kappa shape index (κ1) is 15.4. The van der Waals surface area contributed by atoms with Gasteiger partial charge >= 0.3 is 5.97 Å². The van der Waals surface area contributed by atoms with Gasteiger partial charge in [-0.2, -0.15) is 0 Å². The molecule has 0 bridgehead atoms. The average Bonchev–Trinajstić information content (AvgIpc) is 2.37. The zero-order valence-corrected chi connectivity index (χ0v) is 11.4. The zero-order chi connectivity index (χ0) is 13.4. The second-order valence-electron chi connectivity index (χ2n) is 4.66. The molecular formula is C13H25NO4. The quantitative estimate of drug-likeness (QED) is 0.681. The van der Waals surface area contributed by atoms with Gasteiger partial charge in [0.1, 0.15) is 0 Å². The van der Waals surface area contributed by atoms with Crippen LogP contribution in [0.4, 0.5) is 0 Å². The molecule has 0 aromatic rings. The van der Waals surface area contributed by atoms with Crippen LogP contribution in [0.3, 0.4) is 0 Å². The minimum absolute atomic E-state index is 0.0435. The summed E-state index contributed by atoms with van der Waals surface area (Å²) in [6.07, 6.45) is 1.38. The maximum atomic E-state index is 11.7. The van der Waals surface area contributed by atoms with Crippen molar-refractivity contribution in [1.82, 2.24) is 4.90 Å². The van der Waals surface area contributed by atoms with Crippen LogP contribution in [0, 0.1) is 5.92 Å². The first-order valence-corrected chi connectivity index (χ1v) is 6.82. The third kappa shape index (κ3) is 5.33. The molecule has 106 valence electrons. The molecule has 0 aliphatic carbocycles. The van der Waals surface area contributed by atoms with Crippen LogP contribution in [0.15, 0.2) is 0 Å². The molecule has 1 heterocycles. The highest BCUT2D eigenvalue weighted by Gasteiger charge is 2.27. The molecule has 1 fully saturated rings. The summed E-state index contributed by atoms with van der Waals surface area (Å²) in [4.78, 5) is 13.8. The molecule has 1 aliphatic heterocycles. The predicted molar refractivity (Wildman–Crippen MR) is 68.3 cm³/mol. The standard InChI is InChI=1S/C13H25NO4/c1-3-17-10-12(15)9-14-7-5-6-11(8-14)13(16)18-4-2/h11-12,15H,3-10H2,1-2H3/t11-,12?/m1/s1. The maximum Gasteiger partial charge on any atom is 0.310 e. The Morgan fingerprint density at radius 2 is 2.22 bits per heavy atom. The summed E-state index contributed by atoms with van der Waals surface area (Å²) in [5, 5.41) is 9.78. The first-order valence-electron chi connectivity index (χ1n) is 6.82. The number of aliphatic hydroxyl groups is 1. The molecule has 1 saturated heterocycles. The van der Waals surface area contributed by atoms with E-state index in [9.17, 15) is 9.90 Å². The van der Waals surface area contributed by atoms with Crippen molar-refractivity contribution in [3.8, 4) is 0 Å². The van der Waals surface area contributed by atoms with Gasteiger partial charge in [-0.15, -0.1) is 0 Å². The predicted octanol–water partition coefficient (Wildman–Crippen LogP) is 0.659. The summed E-state index contributed by atoms with van der Waals surface area (Å²) >= 11 is 0. The minimum atomic E-state index is -0.481. The van der Waals surface area contributed by atoms with Crippen LogP contribution in [0.2, 0.25) is 0 Å². The third-order valence-corrected chi connectivity index (χ3v) is 3.11. The number of esters is 1. The smallest absolute Gasteiger partial charge is 0.310 e. The highest BCUT2D eigenvalue weighted by atomic mass is 16.5. The van der Waals surface area contributed by atoms with Crippen LogP contribution < -0.4 is 0 Å². The van der Waals surface area contributed by atoms with Gasteiger partial charge in [-0.1, -0.05) is 0 Å². The fourth-order valence-corrected chi connectivity index (χ4v) is 2.28. The Morgan fingerprint density at radius 3 is 2.89 bits per heavy atom. The number of likely N-dealkylation sites (tertiary alicyclic amines) is 1. The van der Waals surface area contributed by atoms with Crippen LogP contribution in [-0.4, -0.2) is 61.5 Å². The Morgan fingerprint density at radius 1 is 1.44 bits per heavy atom. The molecule has 0 aromatic carbocycles. The van der Waals surface area contributed by atoms with Crippen molar-refractivity contribution in [3.05, 3.63) is 0 Å². The lowest BCUT2D eigenvalue weighted by Gasteiger charge is -2.32. The Kier molecular flexibility index (Phi) is 7.23. The summed E-state index contributed by atoms with van der Waals surface area (Å²) in [5.74, 6) is -0.153. The molecule has 2 atom stereocenters. The van der Waals surface area contributed by atoms with Crippen LogP contribution in [0.1, 0.15) is 26.7 Å². The van der Waals surface area contributed by atoms with Crippen molar-refractivity contribution in [2.45, 2.75) is 32.8 Å². The van der Waals surface area contributed by atoms with Crippen LogP contribution >= 0.6 is 0 Å². The number of ether oxygens (including phenoxy) is 2. The molecule has 5 nitrogen and oxygen atoms in total. The summed E-state index contributed by atoms with van der Waals surface area (Å²) in [6, 6.07) is 0. The number of nitrogens with zero attached hydrogens (tertiary/aromatic N) is 1. The number of hydrogen-bond acceptors (Lipinski definition) is 5. The lowest BCUT2D eigenvalue weighted by Crippen LogP contribution is -2.43. The third-order valence-electron chi connectivity index (χ3n) is 3.11. The molecule has 0 spiro atoms. The van der Waals surface area contributed by atoms with E-state index in [4.69, 9.17) is 9.47 Å². The average molecular weight is 259 g/mol. The van der Waals surface area contributed by atoms with Gasteiger partial charge in [0.05, 0.1) is 25.2 Å². The molecule has 18 heavy (non-hydrogen) atoms. The number of piperidine rings is 1. The van der Waals surface area contributed by atoms with Gasteiger partial charge in [0, 0.05) is 19.7 Å². The van der Waals surface area contributed by atoms with Crippen molar-refractivity contribution in [3.63, 3.8) is 0 Å². The molecule has 0 amide bonds.